The Bertz CT molecular complexity index is 983. The molecule has 0 aliphatic carbocycles. The fraction of sp³-hybridized carbons (Fsp3) is 0. The minimum absolute atomic E-state index is 0.354. The molecule has 1 aromatic heterocycles. The molecule has 1 N–H and O–H groups in total. The summed E-state index contributed by atoms with van der Waals surface area (Å²) in [5.74, 6) is -1.48. The van der Waals surface area contributed by atoms with Crippen LogP contribution in [0.5, 0.6) is 0 Å². The van der Waals surface area contributed by atoms with Gasteiger partial charge in [-0.2, -0.15) is 5.10 Å². The first-order valence-electron chi connectivity index (χ1n) is 7.16. The number of halogens is 3. The number of benzene rings is 2. The molecular weight excluding hydrogens is 366 g/mol. The number of aromatic nitrogens is 2. The molecule has 126 valence electrons. The molecular formula is C18H11Cl2FN2O2. The van der Waals surface area contributed by atoms with Crippen molar-refractivity contribution in [1.82, 2.24) is 9.78 Å². The number of nitrogens with zero attached hydrogens (tertiary/aromatic N) is 2. The minimum Gasteiger partial charge on any atom is -0.478 e. The summed E-state index contributed by atoms with van der Waals surface area (Å²) < 4.78 is 14.9. The molecule has 25 heavy (non-hydrogen) atoms. The highest BCUT2D eigenvalue weighted by atomic mass is 35.5. The van der Waals surface area contributed by atoms with Gasteiger partial charge in [0.25, 0.3) is 0 Å². The van der Waals surface area contributed by atoms with Crippen molar-refractivity contribution in [2.24, 2.45) is 0 Å². The van der Waals surface area contributed by atoms with E-state index in [1.165, 1.54) is 22.9 Å². The smallest absolute Gasteiger partial charge is 0.328 e. The van der Waals surface area contributed by atoms with E-state index in [2.05, 4.69) is 5.10 Å². The van der Waals surface area contributed by atoms with Gasteiger partial charge in [-0.05, 0) is 36.4 Å². The maximum Gasteiger partial charge on any atom is 0.328 e. The second kappa shape index (κ2) is 7.09. The quantitative estimate of drug-likeness (QED) is 0.645. The summed E-state index contributed by atoms with van der Waals surface area (Å²) in [7, 11) is 0. The SMILES string of the molecule is O=C(O)/C=C/c1cn(-c2cccc(F)c2)nc1-c1ccc(Cl)c(Cl)c1. The molecule has 0 amide bonds. The number of carbonyl (C=O) groups is 1. The lowest BCUT2D eigenvalue weighted by atomic mass is 10.1. The molecule has 0 aliphatic heterocycles. The van der Waals surface area contributed by atoms with E-state index in [0.717, 1.165) is 6.08 Å². The standard InChI is InChI=1S/C18H11Cl2FN2O2/c19-15-6-4-11(8-16(15)20)18-12(5-7-17(24)25)10-23(22-18)14-3-1-2-13(21)9-14/h1-10H,(H,24,25)/b7-5+. The van der Waals surface area contributed by atoms with E-state index in [0.29, 0.717) is 32.6 Å². The number of aliphatic carboxylic acids is 1. The fourth-order valence-corrected chi connectivity index (χ4v) is 2.59. The molecule has 0 spiro atoms. The normalized spacial score (nSPS) is 11.2. The fourth-order valence-electron chi connectivity index (χ4n) is 2.29. The van der Waals surface area contributed by atoms with E-state index < -0.39 is 11.8 Å². The third kappa shape index (κ3) is 3.90. The minimum atomic E-state index is -1.08. The van der Waals surface area contributed by atoms with Gasteiger partial charge in [-0.3, -0.25) is 0 Å². The lowest BCUT2D eigenvalue weighted by Crippen LogP contribution is -1.95. The van der Waals surface area contributed by atoms with E-state index in [9.17, 15) is 9.18 Å². The molecule has 1 heterocycles. The van der Waals surface area contributed by atoms with Gasteiger partial charge in [0.15, 0.2) is 0 Å². The molecule has 0 aliphatic rings. The highest BCUT2D eigenvalue weighted by Crippen LogP contribution is 2.30. The van der Waals surface area contributed by atoms with Crippen molar-refractivity contribution in [3.05, 3.63) is 76.2 Å². The Morgan fingerprint density at radius 2 is 1.96 bits per heavy atom. The van der Waals surface area contributed by atoms with E-state index in [1.807, 2.05) is 0 Å². The van der Waals surface area contributed by atoms with Gasteiger partial charge in [0.2, 0.25) is 0 Å². The van der Waals surface area contributed by atoms with Gasteiger partial charge in [0, 0.05) is 23.4 Å². The number of hydrogen-bond donors (Lipinski definition) is 1. The van der Waals surface area contributed by atoms with Crippen LogP contribution in [0.4, 0.5) is 4.39 Å². The van der Waals surface area contributed by atoms with Gasteiger partial charge in [0.05, 0.1) is 15.7 Å². The van der Waals surface area contributed by atoms with Gasteiger partial charge in [-0.15, -0.1) is 0 Å². The molecule has 0 saturated carbocycles. The van der Waals surface area contributed by atoms with Crippen LogP contribution >= 0.6 is 23.2 Å². The predicted octanol–water partition coefficient (Wildman–Crippen LogP) is 5.08. The molecule has 0 radical (unpaired) electrons. The molecule has 0 atom stereocenters. The Balaban J connectivity index is 2.14. The van der Waals surface area contributed by atoms with Crippen molar-refractivity contribution in [3.8, 4) is 16.9 Å². The third-order valence-electron chi connectivity index (χ3n) is 3.41. The average molecular weight is 377 g/mol. The van der Waals surface area contributed by atoms with Crippen molar-refractivity contribution in [2.75, 3.05) is 0 Å². The number of carboxylic acid groups (broad SMARTS) is 1. The van der Waals surface area contributed by atoms with E-state index >= 15 is 0 Å². The number of rotatable bonds is 4. The lowest BCUT2D eigenvalue weighted by molar-refractivity contribution is -0.131. The molecule has 3 rings (SSSR count). The summed E-state index contributed by atoms with van der Waals surface area (Å²) in [4.78, 5) is 10.8. The number of carboxylic acids is 1. The van der Waals surface area contributed by atoms with Crippen molar-refractivity contribution in [2.45, 2.75) is 0 Å². The van der Waals surface area contributed by atoms with Crippen molar-refractivity contribution >= 4 is 35.2 Å². The molecule has 0 unspecified atom stereocenters. The average Bonchev–Trinajstić information content (AvgIpc) is 3.00. The second-order valence-electron chi connectivity index (χ2n) is 5.16. The summed E-state index contributed by atoms with van der Waals surface area (Å²) >= 11 is 12.0. The molecule has 4 nitrogen and oxygen atoms in total. The Morgan fingerprint density at radius 1 is 1.16 bits per heavy atom. The first-order chi connectivity index (χ1) is 11.9. The summed E-state index contributed by atoms with van der Waals surface area (Å²) in [5, 5.41) is 14.1. The van der Waals surface area contributed by atoms with Gasteiger partial charge in [0.1, 0.15) is 11.5 Å². The molecule has 0 saturated heterocycles. The zero-order valence-electron chi connectivity index (χ0n) is 12.7. The molecule has 2 aromatic carbocycles. The van der Waals surface area contributed by atoms with Crippen LogP contribution in [0.1, 0.15) is 5.56 Å². The first-order valence-corrected chi connectivity index (χ1v) is 7.91. The van der Waals surface area contributed by atoms with Crippen LogP contribution in [-0.2, 0) is 4.79 Å². The Labute approximate surface area is 152 Å². The van der Waals surface area contributed by atoms with Gasteiger partial charge in [-0.25, -0.2) is 13.9 Å². The molecule has 0 fully saturated rings. The zero-order chi connectivity index (χ0) is 18.0. The van der Waals surface area contributed by atoms with Crippen LogP contribution < -0.4 is 0 Å². The van der Waals surface area contributed by atoms with Crippen LogP contribution in [0.2, 0.25) is 10.0 Å². The highest BCUT2D eigenvalue weighted by molar-refractivity contribution is 6.42. The monoisotopic (exact) mass is 376 g/mol. The Morgan fingerprint density at radius 3 is 2.64 bits per heavy atom. The highest BCUT2D eigenvalue weighted by Gasteiger charge is 2.12. The van der Waals surface area contributed by atoms with Gasteiger partial charge in [-0.1, -0.05) is 35.3 Å². The van der Waals surface area contributed by atoms with E-state index in [1.54, 1.807) is 36.5 Å². The van der Waals surface area contributed by atoms with E-state index in [4.69, 9.17) is 28.3 Å². The van der Waals surface area contributed by atoms with Crippen LogP contribution in [0.3, 0.4) is 0 Å². The summed E-state index contributed by atoms with van der Waals surface area (Å²) in [6.45, 7) is 0. The first kappa shape index (κ1) is 17.2. The van der Waals surface area contributed by atoms with Crippen molar-refractivity contribution in [1.29, 1.82) is 0 Å². The second-order valence-corrected chi connectivity index (χ2v) is 5.97. The summed E-state index contributed by atoms with van der Waals surface area (Å²) in [6, 6.07) is 10.9. The van der Waals surface area contributed by atoms with Gasteiger partial charge < -0.3 is 5.11 Å². The maximum atomic E-state index is 13.5. The van der Waals surface area contributed by atoms with Crippen molar-refractivity contribution < 1.29 is 14.3 Å². The van der Waals surface area contributed by atoms with Crippen LogP contribution in [0, 0.1) is 5.82 Å². The van der Waals surface area contributed by atoms with Gasteiger partial charge >= 0.3 is 5.97 Å². The third-order valence-corrected chi connectivity index (χ3v) is 4.15. The summed E-state index contributed by atoms with van der Waals surface area (Å²) in [6.07, 6.45) is 4.04. The molecule has 3 aromatic rings. The molecule has 7 heteroatoms. The van der Waals surface area contributed by atoms with Crippen molar-refractivity contribution in [3.63, 3.8) is 0 Å². The topological polar surface area (TPSA) is 55.1 Å². The van der Waals surface area contributed by atoms with Crippen LogP contribution in [0.15, 0.2) is 54.7 Å². The Kier molecular flexibility index (Phi) is 4.88. The maximum absolute atomic E-state index is 13.5. The zero-order valence-corrected chi connectivity index (χ0v) is 14.2. The lowest BCUT2D eigenvalue weighted by Gasteiger charge is -2.02. The molecule has 0 bridgehead atoms. The largest absolute Gasteiger partial charge is 0.478 e. The predicted molar refractivity (Wildman–Crippen MR) is 95.6 cm³/mol. The van der Waals surface area contributed by atoms with E-state index in [-0.39, 0.29) is 0 Å². The number of hydrogen-bond acceptors (Lipinski definition) is 2. The summed E-state index contributed by atoms with van der Waals surface area (Å²) in [5.41, 5.74) is 2.22. The Hall–Kier alpha value is -2.63. The van der Waals surface area contributed by atoms with Crippen LogP contribution in [0.25, 0.3) is 23.0 Å². The van der Waals surface area contributed by atoms with Crippen LogP contribution in [-0.4, -0.2) is 20.9 Å².